The van der Waals surface area contributed by atoms with Gasteiger partial charge in [0.25, 0.3) is 5.91 Å². The molecule has 2 heterocycles. The molecule has 6 nitrogen and oxygen atoms in total. The summed E-state index contributed by atoms with van der Waals surface area (Å²) in [5.74, 6) is 0.183. The molecule has 1 amide bonds. The van der Waals surface area contributed by atoms with Gasteiger partial charge in [0.2, 0.25) is 0 Å². The molecular formula is C16H19ClN2O4S2. The van der Waals surface area contributed by atoms with E-state index in [1.807, 2.05) is 0 Å². The van der Waals surface area contributed by atoms with Crippen LogP contribution in [0, 0.1) is 5.92 Å². The van der Waals surface area contributed by atoms with Crippen LogP contribution in [0.3, 0.4) is 0 Å². The highest BCUT2D eigenvalue weighted by Gasteiger charge is 2.50. The van der Waals surface area contributed by atoms with E-state index in [9.17, 15) is 13.2 Å². The average molecular weight is 403 g/mol. The number of hydrogen-bond acceptors (Lipinski definition) is 5. The Labute approximate surface area is 156 Å². The maximum absolute atomic E-state index is 12.1. The molecule has 3 rings (SSSR count). The number of halogens is 1. The van der Waals surface area contributed by atoms with Crippen LogP contribution in [0.25, 0.3) is 0 Å². The Hall–Kier alpha value is -1.25. The van der Waals surface area contributed by atoms with Crippen LogP contribution in [0.1, 0.15) is 13.8 Å². The van der Waals surface area contributed by atoms with Crippen LogP contribution < -0.4 is 9.64 Å². The SMILES string of the molecule is COc1ccc(Cl)cc1N1C(=NC(=O)C(C)C)S[C@H]2CS(=O)(=O)C[C@H]21. The van der Waals surface area contributed by atoms with Crippen molar-refractivity contribution in [2.24, 2.45) is 10.9 Å². The number of methoxy groups -OCH3 is 1. The lowest BCUT2D eigenvalue weighted by atomic mass is 10.2. The predicted molar refractivity (Wildman–Crippen MR) is 102 cm³/mol. The fraction of sp³-hybridized carbons (Fsp3) is 0.500. The number of hydrogen-bond donors (Lipinski definition) is 0. The number of sulfone groups is 1. The minimum Gasteiger partial charge on any atom is -0.495 e. The van der Waals surface area contributed by atoms with Crippen molar-refractivity contribution in [1.29, 1.82) is 0 Å². The molecule has 1 aromatic carbocycles. The first-order chi connectivity index (χ1) is 11.7. The zero-order valence-electron chi connectivity index (χ0n) is 14.1. The molecule has 0 radical (unpaired) electrons. The maximum atomic E-state index is 12.1. The summed E-state index contributed by atoms with van der Waals surface area (Å²) < 4.78 is 29.6. The summed E-state index contributed by atoms with van der Waals surface area (Å²) in [4.78, 5) is 18.2. The number of amidine groups is 1. The van der Waals surface area contributed by atoms with Crippen molar-refractivity contribution in [2.75, 3.05) is 23.5 Å². The summed E-state index contributed by atoms with van der Waals surface area (Å²) in [7, 11) is -1.58. The number of rotatable bonds is 3. The van der Waals surface area contributed by atoms with Crippen molar-refractivity contribution in [3.8, 4) is 5.75 Å². The Morgan fingerprint density at radius 2 is 2.12 bits per heavy atom. The smallest absolute Gasteiger partial charge is 0.250 e. The molecule has 0 bridgehead atoms. The first kappa shape index (κ1) is 18.5. The number of ether oxygens (including phenoxy) is 1. The van der Waals surface area contributed by atoms with Crippen LogP contribution in [-0.2, 0) is 14.6 Å². The van der Waals surface area contributed by atoms with E-state index in [0.29, 0.717) is 21.6 Å². The first-order valence-electron chi connectivity index (χ1n) is 7.84. The molecule has 0 spiro atoms. The zero-order valence-corrected chi connectivity index (χ0v) is 16.5. The molecule has 2 aliphatic heterocycles. The van der Waals surface area contributed by atoms with Crippen LogP contribution >= 0.6 is 23.4 Å². The normalized spacial score (nSPS) is 26.3. The zero-order chi connectivity index (χ0) is 18.4. The molecule has 2 atom stereocenters. The largest absolute Gasteiger partial charge is 0.495 e. The van der Waals surface area contributed by atoms with E-state index in [2.05, 4.69) is 4.99 Å². The monoisotopic (exact) mass is 402 g/mol. The van der Waals surface area contributed by atoms with Gasteiger partial charge in [0.1, 0.15) is 5.75 Å². The molecule has 0 aromatic heterocycles. The van der Waals surface area contributed by atoms with Gasteiger partial charge in [-0.25, -0.2) is 8.42 Å². The topological polar surface area (TPSA) is 76.0 Å². The molecular weight excluding hydrogens is 384 g/mol. The number of anilines is 1. The van der Waals surface area contributed by atoms with Gasteiger partial charge in [-0.2, -0.15) is 4.99 Å². The van der Waals surface area contributed by atoms with Crippen LogP contribution in [0.4, 0.5) is 5.69 Å². The van der Waals surface area contributed by atoms with E-state index in [4.69, 9.17) is 16.3 Å². The van der Waals surface area contributed by atoms with Crippen LogP contribution in [0.2, 0.25) is 5.02 Å². The minimum atomic E-state index is -3.12. The number of fused-ring (bicyclic) bond motifs is 1. The highest BCUT2D eigenvalue weighted by atomic mass is 35.5. The second kappa shape index (κ2) is 6.81. The van der Waals surface area contributed by atoms with Crippen molar-refractivity contribution < 1.29 is 17.9 Å². The van der Waals surface area contributed by atoms with Gasteiger partial charge in [-0.3, -0.25) is 4.79 Å². The van der Waals surface area contributed by atoms with E-state index >= 15 is 0 Å². The Balaban J connectivity index is 2.10. The number of carbonyl (C=O) groups excluding carboxylic acids is 1. The van der Waals surface area contributed by atoms with Crippen molar-refractivity contribution >= 4 is 50.0 Å². The third-order valence-electron chi connectivity index (χ3n) is 4.17. The van der Waals surface area contributed by atoms with E-state index < -0.39 is 9.84 Å². The van der Waals surface area contributed by atoms with Crippen molar-refractivity contribution in [3.63, 3.8) is 0 Å². The first-order valence-corrected chi connectivity index (χ1v) is 10.9. The molecule has 0 unspecified atom stereocenters. The number of amides is 1. The number of carbonyl (C=O) groups is 1. The van der Waals surface area contributed by atoms with E-state index in [0.717, 1.165) is 0 Å². The van der Waals surface area contributed by atoms with Gasteiger partial charge < -0.3 is 9.64 Å². The van der Waals surface area contributed by atoms with Gasteiger partial charge in [-0.1, -0.05) is 37.2 Å². The molecule has 0 N–H and O–H groups in total. The Morgan fingerprint density at radius 1 is 1.40 bits per heavy atom. The highest BCUT2D eigenvalue weighted by Crippen LogP contribution is 2.44. The molecule has 2 fully saturated rings. The van der Waals surface area contributed by atoms with Crippen molar-refractivity contribution in [1.82, 2.24) is 0 Å². The van der Waals surface area contributed by atoms with E-state index in [-0.39, 0.29) is 34.6 Å². The molecule has 2 saturated heterocycles. The predicted octanol–water partition coefficient (Wildman–Crippen LogP) is 2.61. The van der Waals surface area contributed by atoms with Gasteiger partial charge in [0, 0.05) is 16.2 Å². The number of thioether (sulfide) groups is 1. The lowest BCUT2D eigenvalue weighted by Crippen LogP contribution is -2.38. The summed E-state index contributed by atoms with van der Waals surface area (Å²) in [6.45, 7) is 3.56. The van der Waals surface area contributed by atoms with Gasteiger partial charge in [0.05, 0.1) is 30.3 Å². The molecule has 9 heteroatoms. The quantitative estimate of drug-likeness (QED) is 0.773. The number of nitrogens with zero attached hydrogens (tertiary/aromatic N) is 2. The summed E-state index contributed by atoms with van der Waals surface area (Å²) >= 11 is 7.48. The van der Waals surface area contributed by atoms with Crippen LogP contribution in [0.15, 0.2) is 23.2 Å². The highest BCUT2D eigenvalue weighted by molar-refractivity contribution is 8.16. The maximum Gasteiger partial charge on any atom is 0.250 e. The van der Waals surface area contributed by atoms with Gasteiger partial charge >= 0.3 is 0 Å². The molecule has 136 valence electrons. The summed E-state index contributed by atoms with van der Waals surface area (Å²) in [5, 5.41) is 0.844. The minimum absolute atomic E-state index is 0.0230. The van der Waals surface area contributed by atoms with E-state index in [1.54, 1.807) is 36.9 Å². The lowest BCUT2D eigenvalue weighted by Gasteiger charge is -2.26. The van der Waals surface area contributed by atoms with Gasteiger partial charge in [-0.05, 0) is 18.2 Å². The Morgan fingerprint density at radius 3 is 2.76 bits per heavy atom. The van der Waals surface area contributed by atoms with Crippen molar-refractivity contribution in [2.45, 2.75) is 25.1 Å². The second-order valence-corrected chi connectivity index (χ2v) is 10.2. The number of aliphatic imine (C=N–C) groups is 1. The second-order valence-electron chi connectivity index (χ2n) is 6.37. The summed E-state index contributed by atoms with van der Waals surface area (Å²) in [6.07, 6.45) is 0. The third kappa shape index (κ3) is 3.66. The van der Waals surface area contributed by atoms with Gasteiger partial charge in [0.15, 0.2) is 15.0 Å². The van der Waals surface area contributed by atoms with Gasteiger partial charge in [-0.15, -0.1) is 0 Å². The van der Waals surface area contributed by atoms with Crippen LogP contribution in [-0.4, -0.2) is 49.4 Å². The fourth-order valence-corrected chi connectivity index (χ4v) is 7.00. The lowest BCUT2D eigenvalue weighted by molar-refractivity contribution is -0.120. The van der Waals surface area contributed by atoms with Crippen LogP contribution in [0.5, 0.6) is 5.75 Å². The molecule has 0 aliphatic carbocycles. The Kier molecular flexibility index (Phi) is 5.05. The van der Waals surface area contributed by atoms with E-state index in [1.165, 1.54) is 18.9 Å². The molecule has 2 aliphatic rings. The molecule has 0 saturated carbocycles. The standard InChI is InChI=1S/C16H19ClN2O4S2/c1-9(2)15(20)18-16-19(11-6-10(17)4-5-13(11)23-3)12-7-25(21,22)8-14(12)24-16/h4-6,9,12,14H,7-8H2,1-3H3/t12-,14+/m1/s1. The fourth-order valence-electron chi connectivity index (χ4n) is 2.92. The summed E-state index contributed by atoms with van der Waals surface area (Å²) in [5.41, 5.74) is 0.627. The average Bonchev–Trinajstić information content (AvgIpc) is 2.97. The molecule has 25 heavy (non-hydrogen) atoms. The third-order valence-corrected chi connectivity index (χ3v) is 7.61. The Bertz CT molecular complexity index is 839. The number of benzene rings is 1. The molecule has 1 aromatic rings. The summed E-state index contributed by atoms with van der Waals surface area (Å²) in [6, 6.07) is 4.84. The van der Waals surface area contributed by atoms with Crippen molar-refractivity contribution in [3.05, 3.63) is 23.2 Å².